The smallest absolute Gasteiger partial charge is 0.253 e. The third-order valence-corrected chi connectivity index (χ3v) is 5.38. The Kier molecular flexibility index (Phi) is 3.88. The van der Waals surface area contributed by atoms with Crippen molar-refractivity contribution >= 4 is 27.6 Å². The fourth-order valence-corrected chi connectivity index (χ4v) is 4.04. The van der Waals surface area contributed by atoms with Crippen LogP contribution < -0.4 is 5.32 Å². The number of carbonyl (C=O) groups is 1. The Bertz CT molecular complexity index is 1240. The van der Waals surface area contributed by atoms with Crippen LogP contribution in [0.5, 0.6) is 0 Å². The van der Waals surface area contributed by atoms with Crippen LogP contribution in [-0.4, -0.2) is 43.0 Å². The summed E-state index contributed by atoms with van der Waals surface area (Å²) in [5.74, 6) is -0.0754. The molecule has 0 saturated heterocycles. The zero-order valence-corrected chi connectivity index (χ0v) is 16.0. The molecule has 0 radical (unpaired) electrons. The topological polar surface area (TPSA) is 45.2 Å². The molecule has 0 atom stereocenters. The van der Waals surface area contributed by atoms with Crippen molar-refractivity contribution in [1.82, 2.24) is 15.2 Å². The molecule has 5 rings (SSSR count). The number of para-hydroxylation sites is 1. The maximum Gasteiger partial charge on any atom is 0.253 e. The molecule has 3 aromatic carbocycles. The minimum atomic E-state index is -0.0754. The number of nitrogens with one attached hydrogen (secondary N) is 1. The molecule has 0 bridgehead atoms. The first kappa shape index (κ1) is 16.9. The summed E-state index contributed by atoms with van der Waals surface area (Å²) in [5.41, 5.74) is 5.86. The van der Waals surface area contributed by atoms with E-state index in [2.05, 4.69) is 47.8 Å². The van der Waals surface area contributed by atoms with Crippen molar-refractivity contribution in [2.45, 2.75) is 0 Å². The normalized spacial score (nSPS) is 12.0. The third-order valence-electron chi connectivity index (χ3n) is 5.38. The van der Waals surface area contributed by atoms with E-state index in [-0.39, 0.29) is 5.91 Å². The summed E-state index contributed by atoms with van der Waals surface area (Å²) in [6, 6.07) is 20.7. The zero-order chi connectivity index (χ0) is 19.3. The summed E-state index contributed by atoms with van der Waals surface area (Å²) in [6.45, 7) is 1.41. The number of pyridine rings is 1. The van der Waals surface area contributed by atoms with E-state index in [1.807, 2.05) is 37.2 Å². The molecule has 1 aliphatic rings. The highest BCUT2D eigenvalue weighted by Crippen LogP contribution is 2.47. The van der Waals surface area contributed by atoms with Gasteiger partial charge in [-0.2, -0.15) is 0 Å². The molecule has 138 valence electrons. The van der Waals surface area contributed by atoms with E-state index in [0.29, 0.717) is 12.1 Å². The molecule has 1 N–H and O–H groups in total. The first-order valence-corrected chi connectivity index (χ1v) is 9.52. The molecule has 0 fully saturated rings. The number of hydrogen-bond donors (Lipinski definition) is 1. The number of likely N-dealkylation sites (N-methyl/N-ethyl adjacent to an activating group) is 1. The van der Waals surface area contributed by atoms with Crippen LogP contribution >= 0.6 is 0 Å². The quantitative estimate of drug-likeness (QED) is 0.514. The van der Waals surface area contributed by atoms with E-state index in [9.17, 15) is 4.79 Å². The molecule has 4 aromatic rings. The van der Waals surface area contributed by atoms with Gasteiger partial charge >= 0.3 is 0 Å². The SMILES string of the molecule is CN(C)CCNC(=O)c1cccc2cc3c(nc12)-c1cccc2cccc-3c12. The van der Waals surface area contributed by atoms with Crippen LogP contribution in [0.1, 0.15) is 10.4 Å². The summed E-state index contributed by atoms with van der Waals surface area (Å²) >= 11 is 0. The average molecular weight is 367 g/mol. The van der Waals surface area contributed by atoms with Crippen LogP contribution in [-0.2, 0) is 0 Å². The second-order valence-electron chi connectivity index (χ2n) is 7.53. The van der Waals surface area contributed by atoms with Crippen molar-refractivity contribution in [2.75, 3.05) is 27.2 Å². The standard InChI is InChI=1S/C24H21N3O/c1-27(2)13-12-25-24(28)19-11-5-8-16-14-20-17-9-3-6-15-7-4-10-18(21(15)17)23(20)26-22(16)19/h3-11,14H,12-13H2,1-2H3,(H,25,28). The fraction of sp³-hybridized carbons (Fsp3) is 0.167. The van der Waals surface area contributed by atoms with E-state index >= 15 is 0 Å². The van der Waals surface area contributed by atoms with Crippen molar-refractivity contribution < 1.29 is 4.79 Å². The van der Waals surface area contributed by atoms with Crippen molar-refractivity contribution in [3.8, 4) is 22.4 Å². The second-order valence-corrected chi connectivity index (χ2v) is 7.53. The van der Waals surface area contributed by atoms with Gasteiger partial charge in [-0.3, -0.25) is 4.79 Å². The zero-order valence-electron chi connectivity index (χ0n) is 16.0. The Morgan fingerprint density at radius 3 is 2.43 bits per heavy atom. The van der Waals surface area contributed by atoms with E-state index in [4.69, 9.17) is 4.98 Å². The predicted octanol–water partition coefficient (Wildman–Crippen LogP) is 4.33. The average Bonchev–Trinajstić information content (AvgIpc) is 3.01. The second kappa shape index (κ2) is 6.43. The first-order chi connectivity index (χ1) is 13.6. The Morgan fingerprint density at radius 2 is 1.64 bits per heavy atom. The van der Waals surface area contributed by atoms with Gasteiger partial charge in [-0.1, -0.05) is 48.5 Å². The van der Waals surface area contributed by atoms with Gasteiger partial charge in [0.05, 0.1) is 16.8 Å². The predicted molar refractivity (Wildman–Crippen MR) is 115 cm³/mol. The molecule has 0 saturated carbocycles. The molecule has 1 aromatic heterocycles. The maximum atomic E-state index is 12.8. The van der Waals surface area contributed by atoms with Crippen LogP contribution in [0.25, 0.3) is 44.1 Å². The fourth-order valence-electron chi connectivity index (χ4n) is 4.04. The van der Waals surface area contributed by atoms with Gasteiger partial charge in [0.15, 0.2) is 0 Å². The molecule has 0 spiro atoms. The Labute approximate surface area is 163 Å². The number of fused-ring (bicyclic) bond motifs is 4. The van der Waals surface area contributed by atoms with Gasteiger partial charge < -0.3 is 10.2 Å². The van der Waals surface area contributed by atoms with Gasteiger partial charge in [0.25, 0.3) is 5.91 Å². The molecule has 0 unspecified atom stereocenters. The van der Waals surface area contributed by atoms with Crippen LogP contribution in [0.4, 0.5) is 0 Å². The molecule has 28 heavy (non-hydrogen) atoms. The molecule has 4 heteroatoms. The minimum Gasteiger partial charge on any atom is -0.351 e. The van der Waals surface area contributed by atoms with Gasteiger partial charge in [-0.25, -0.2) is 4.98 Å². The van der Waals surface area contributed by atoms with Crippen LogP contribution in [0.2, 0.25) is 0 Å². The first-order valence-electron chi connectivity index (χ1n) is 9.52. The lowest BCUT2D eigenvalue weighted by Gasteiger charge is -2.12. The molecule has 1 amide bonds. The Hall–Kier alpha value is -3.24. The van der Waals surface area contributed by atoms with Crippen molar-refractivity contribution in [3.05, 3.63) is 66.2 Å². The lowest BCUT2D eigenvalue weighted by Crippen LogP contribution is -2.31. The number of hydrogen-bond acceptors (Lipinski definition) is 3. The molecule has 1 aliphatic carbocycles. The monoisotopic (exact) mass is 367 g/mol. The number of rotatable bonds is 4. The largest absolute Gasteiger partial charge is 0.351 e. The van der Waals surface area contributed by atoms with Crippen molar-refractivity contribution in [1.29, 1.82) is 0 Å². The van der Waals surface area contributed by atoms with E-state index in [0.717, 1.165) is 34.3 Å². The number of carbonyl (C=O) groups excluding carboxylic acids is 1. The van der Waals surface area contributed by atoms with Gasteiger partial charge in [-0.05, 0) is 42.6 Å². The highest BCUT2D eigenvalue weighted by molar-refractivity contribution is 6.16. The van der Waals surface area contributed by atoms with E-state index in [1.165, 1.54) is 16.3 Å². The van der Waals surface area contributed by atoms with Crippen molar-refractivity contribution in [3.63, 3.8) is 0 Å². The summed E-state index contributed by atoms with van der Waals surface area (Å²) in [7, 11) is 3.99. The Morgan fingerprint density at radius 1 is 0.929 bits per heavy atom. The van der Waals surface area contributed by atoms with Crippen molar-refractivity contribution in [2.24, 2.45) is 0 Å². The molecule has 1 heterocycles. The van der Waals surface area contributed by atoms with E-state index < -0.39 is 0 Å². The van der Waals surface area contributed by atoms with Gasteiger partial charge in [-0.15, -0.1) is 0 Å². The molecular weight excluding hydrogens is 346 g/mol. The maximum absolute atomic E-state index is 12.8. The number of benzene rings is 3. The third kappa shape index (κ3) is 2.57. The van der Waals surface area contributed by atoms with Crippen LogP contribution in [0, 0.1) is 0 Å². The lowest BCUT2D eigenvalue weighted by molar-refractivity contribution is 0.0952. The minimum absolute atomic E-state index is 0.0754. The van der Waals surface area contributed by atoms with Gasteiger partial charge in [0.1, 0.15) is 0 Å². The number of amides is 1. The van der Waals surface area contributed by atoms with Crippen LogP contribution in [0.15, 0.2) is 60.7 Å². The van der Waals surface area contributed by atoms with E-state index in [1.54, 1.807) is 0 Å². The summed E-state index contributed by atoms with van der Waals surface area (Å²) < 4.78 is 0. The summed E-state index contributed by atoms with van der Waals surface area (Å²) in [4.78, 5) is 19.8. The highest BCUT2D eigenvalue weighted by Gasteiger charge is 2.24. The molecule has 4 nitrogen and oxygen atoms in total. The van der Waals surface area contributed by atoms with Crippen LogP contribution in [0.3, 0.4) is 0 Å². The van der Waals surface area contributed by atoms with Gasteiger partial charge in [0, 0.05) is 29.6 Å². The summed E-state index contributed by atoms with van der Waals surface area (Å²) in [5, 5.41) is 6.47. The Balaban J connectivity index is 1.65. The molecular formula is C24H21N3O. The molecule has 0 aliphatic heterocycles. The lowest BCUT2D eigenvalue weighted by atomic mass is 10.0. The number of aromatic nitrogens is 1. The summed E-state index contributed by atoms with van der Waals surface area (Å²) in [6.07, 6.45) is 0. The number of nitrogens with zero attached hydrogens (tertiary/aromatic N) is 2. The van der Waals surface area contributed by atoms with Gasteiger partial charge in [0.2, 0.25) is 0 Å². The highest BCUT2D eigenvalue weighted by atomic mass is 16.1.